The molecule has 0 aromatic carbocycles. The highest BCUT2D eigenvalue weighted by atomic mass is 16.3. The molecule has 0 aliphatic rings. The van der Waals surface area contributed by atoms with Crippen molar-refractivity contribution in [1.29, 1.82) is 0 Å². The second-order valence-electron chi connectivity index (χ2n) is 1.53. The number of aliphatic hydroxyl groups excluding tert-OH is 1. The lowest BCUT2D eigenvalue weighted by atomic mass is 10.3. The number of hydrogen-bond acceptors (Lipinski definition) is 4. The number of amides is 1. The highest BCUT2D eigenvalue weighted by molar-refractivity contribution is 5.81. The maximum atomic E-state index is 10.5. The summed E-state index contributed by atoms with van der Waals surface area (Å²) in [5, 5.41) is 11.0. The van der Waals surface area contributed by atoms with Gasteiger partial charge in [0.05, 0.1) is 6.61 Å². The van der Waals surface area contributed by atoms with Crippen molar-refractivity contribution in [2.75, 3.05) is 13.7 Å². The molecule has 0 aliphatic carbocycles. The van der Waals surface area contributed by atoms with Crippen LogP contribution in [-0.4, -0.2) is 30.7 Å². The van der Waals surface area contributed by atoms with Gasteiger partial charge < -0.3 is 10.4 Å². The van der Waals surface area contributed by atoms with Crippen LogP contribution in [0.2, 0.25) is 0 Å². The zero-order valence-electron chi connectivity index (χ0n) is 5.22. The summed E-state index contributed by atoms with van der Waals surface area (Å²) >= 11 is 0. The van der Waals surface area contributed by atoms with Gasteiger partial charge in [0.15, 0.2) is 0 Å². The lowest BCUT2D eigenvalue weighted by Gasteiger charge is -2.09. The van der Waals surface area contributed by atoms with Gasteiger partial charge in [-0.05, 0) is 7.05 Å². The van der Waals surface area contributed by atoms with Crippen LogP contribution in [0.15, 0.2) is 0 Å². The smallest absolute Gasteiger partial charge is 0.253 e. The molecular formula is C4H11N3O2. The van der Waals surface area contributed by atoms with Crippen LogP contribution in [0.5, 0.6) is 0 Å². The van der Waals surface area contributed by atoms with Gasteiger partial charge in [0.2, 0.25) is 0 Å². The van der Waals surface area contributed by atoms with Gasteiger partial charge in [-0.3, -0.25) is 10.2 Å². The van der Waals surface area contributed by atoms with Gasteiger partial charge in [0.25, 0.3) is 5.91 Å². The number of hydrazine groups is 1. The Morgan fingerprint density at radius 1 is 1.89 bits per heavy atom. The van der Waals surface area contributed by atoms with Crippen LogP contribution in [0.1, 0.15) is 0 Å². The lowest BCUT2D eigenvalue weighted by Crippen LogP contribution is -2.47. The second-order valence-corrected chi connectivity index (χ2v) is 1.53. The Bertz CT molecular complexity index is 91.8. The van der Waals surface area contributed by atoms with Crippen molar-refractivity contribution in [3.05, 3.63) is 0 Å². The minimum absolute atomic E-state index is 0.250. The molecule has 5 nitrogen and oxygen atoms in total. The van der Waals surface area contributed by atoms with Crippen LogP contribution < -0.4 is 16.6 Å². The van der Waals surface area contributed by atoms with Gasteiger partial charge in [-0.1, -0.05) is 0 Å². The maximum Gasteiger partial charge on any atom is 0.253 e. The average molecular weight is 133 g/mol. The fraction of sp³-hybridized carbons (Fsp3) is 0.750. The average Bonchev–Trinajstić information content (AvgIpc) is 1.90. The molecular weight excluding hydrogens is 122 g/mol. The Hall–Kier alpha value is -0.650. The normalized spacial score (nSPS) is 12.8. The Kier molecular flexibility index (Phi) is 3.94. The van der Waals surface area contributed by atoms with E-state index >= 15 is 0 Å². The third-order valence-corrected chi connectivity index (χ3v) is 0.990. The van der Waals surface area contributed by atoms with Crippen molar-refractivity contribution in [3.63, 3.8) is 0 Å². The standard InChI is InChI=1S/C4H11N3O2/c1-6-3(2-8)4(9)7-5/h3,6,8H,2,5H2,1H3,(H,7,9). The molecule has 0 rings (SSSR count). The monoisotopic (exact) mass is 133 g/mol. The van der Waals surface area contributed by atoms with Crippen LogP contribution in [0, 0.1) is 0 Å². The van der Waals surface area contributed by atoms with Crippen molar-refractivity contribution in [1.82, 2.24) is 10.7 Å². The van der Waals surface area contributed by atoms with E-state index in [0.717, 1.165) is 0 Å². The second kappa shape index (κ2) is 4.25. The van der Waals surface area contributed by atoms with Crippen molar-refractivity contribution in [2.24, 2.45) is 5.84 Å². The first-order valence-electron chi connectivity index (χ1n) is 2.54. The zero-order valence-corrected chi connectivity index (χ0v) is 5.22. The Balaban J connectivity index is 3.64. The number of rotatable bonds is 3. The molecule has 0 aromatic rings. The quantitative estimate of drug-likeness (QED) is 0.196. The van der Waals surface area contributed by atoms with Crippen LogP contribution in [0.3, 0.4) is 0 Å². The molecule has 0 heterocycles. The van der Waals surface area contributed by atoms with E-state index in [0.29, 0.717) is 0 Å². The van der Waals surface area contributed by atoms with Gasteiger partial charge >= 0.3 is 0 Å². The summed E-state index contributed by atoms with van der Waals surface area (Å²) in [6.07, 6.45) is 0. The molecule has 0 bridgehead atoms. The molecule has 1 amide bonds. The van der Waals surface area contributed by atoms with Gasteiger partial charge in [-0.2, -0.15) is 0 Å². The Morgan fingerprint density at radius 3 is 2.56 bits per heavy atom. The number of carbonyl (C=O) groups excluding carboxylic acids is 1. The molecule has 1 unspecified atom stereocenters. The molecule has 0 spiro atoms. The molecule has 5 N–H and O–H groups in total. The third kappa shape index (κ3) is 2.41. The summed E-state index contributed by atoms with van der Waals surface area (Å²) in [5.74, 6) is 4.36. The van der Waals surface area contributed by atoms with Gasteiger partial charge in [0, 0.05) is 0 Å². The highest BCUT2D eigenvalue weighted by Gasteiger charge is 2.11. The van der Waals surface area contributed by atoms with Gasteiger partial charge in [0.1, 0.15) is 6.04 Å². The molecule has 0 saturated heterocycles. The van der Waals surface area contributed by atoms with Crippen LogP contribution >= 0.6 is 0 Å². The number of nitrogens with two attached hydrogens (primary N) is 1. The number of carbonyl (C=O) groups is 1. The summed E-state index contributed by atoms with van der Waals surface area (Å²) in [4.78, 5) is 10.5. The lowest BCUT2D eigenvalue weighted by molar-refractivity contribution is -0.123. The molecule has 0 radical (unpaired) electrons. The van der Waals surface area contributed by atoms with E-state index < -0.39 is 11.9 Å². The minimum Gasteiger partial charge on any atom is -0.394 e. The zero-order chi connectivity index (χ0) is 7.28. The summed E-state index contributed by atoms with van der Waals surface area (Å²) < 4.78 is 0. The van der Waals surface area contributed by atoms with Crippen LogP contribution in [0.25, 0.3) is 0 Å². The first kappa shape index (κ1) is 8.35. The molecule has 54 valence electrons. The fourth-order valence-electron chi connectivity index (χ4n) is 0.406. The summed E-state index contributed by atoms with van der Waals surface area (Å²) in [7, 11) is 1.57. The molecule has 9 heavy (non-hydrogen) atoms. The highest BCUT2D eigenvalue weighted by Crippen LogP contribution is 1.76. The number of aliphatic hydroxyl groups is 1. The topological polar surface area (TPSA) is 87.4 Å². The first-order valence-corrected chi connectivity index (χ1v) is 2.54. The van der Waals surface area contributed by atoms with E-state index in [4.69, 9.17) is 10.9 Å². The van der Waals surface area contributed by atoms with Crippen molar-refractivity contribution >= 4 is 5.91 Å². The Morgan fingerprint density at radius 2 is 2.44 bits per heavy atom. The fourth-order valence-corrected chi connectivity index (χ4v) is 0.406. The molecule has 0 aromatic heterocycles. The summed E-state index contributed by atoms with van der Waals surface area (Å²) in [5.41, 5.74) is 1.91. The van der Waals surface area contributed by atoms with E-state index in [-0.39, 0.29) is 6.61 Å². The van der Waals surface area contributed by atoms with Crippen molar-refractivity contribution in [2.45, 2.75) is 6.04 Å². The first-order chi connectivity index (χ1) is 4.26. The minimum atomic E-state index is -0.602. The van der Waals surface area contributed by atoms with E-state index in [1.807, 2.05) is 5.43 Å². The van der Waals surface area contributed by atoms with Gasteiger partial charge in [-0.25, -0.2) is 5.84 Å². The molecule has 0 aliphatic heterocycles. The summed E-state index contributed by atoms with van der Waals surface area (Å²) in [6, 6.07) is -0.602. The Labute approximate surface area is 53.2 Å². The SMILES string of the molecule is CNC(CO)C(=O)NN. The third-order valence-electron chi connectivity index (χ3n) is 0.990. The van der Waals surface area contributed by atoms with Crippen molar-refractivity contribution in [3.8, 4) is 0 Å². The van der Waals surface area contributed by atoms with Gasteiger partial charge in [-0.15, -0.1) is 0 Å². The van der Waals surface area contributed by atoms with Crippen molar-refractivity contribution < 1.29 is 9.90 Å². The maximum absolute atomic E-state index is 10.5. The molecule has 0 saturated carbocycles. The number of hydrogen-bond donors (Lipinski definition) is 4. The predicted octanol–water partition coefficient (Wildman–Crippen LogP) is -2.44. The van der Waals surface area contributed by atoms with E-state index in [2.05, 4.69) is 5.32 Å². The largest absolute Gasteiger partial charge is 0.394 e. The van der Waals surface area contributed by atoms with Crippen LogP contribution in [0.4, 0.5) is 0 Å². The van der Waals surface area contributed by atoms with Crippen LogP contribution in [-0.2, 0) is 4.79 Å². The summed E-state index contributed by atoms with van der Waals surface area (Å²) in [6.45, 7) is -0.250. The molecule has 5 heteroatoms. The number of nitrogens with one attached hydrogen (secondary N) is 2. The number of likely N-dealkylation sites (N-methyl/N-ethyl adjacent to an activating group) is 1. The molecule has 1 atom stereocenters. The molecule has 0 fully saturated rings. The van der Waals surface area contributed by atoms with E-state index in [1.54, 1.807) is 7.05 Å². The van der Waals surface area contributed by atoms with E-state index in [1.165, 1.54) is 0 Å². The van der Waals surface area contributed by atoms with E-state index in [9.17, 15) is 4.79 Å². The predicted molar refractivity (Wildman–Crippen MR) is 32.3 cm³/mol.